The predicted molar refractivity (Wildman–Crippen MR) is 127 cm³/mol. The lowest BCUT2D eigenvalue weighted by atomic mass is 9.81. The lowest BCUT2D eigenvalue weighted by Crippen LogP contribution is -2.29. The average molecular weight is 499 g/mol. The standard InChI is InChI=1S/C26H30N2O8/c1-7-9-15-17(11-35-13(3)29)25(33-5)27-21-19(15)23(31)20-16(10-8-2)18(12-36-14(4)30)26(34-6)28-22(20)24(21)32/h7-12H2,1-6H3. The molecule has 0 aliphatic heterocycles. The Bertz CT molecular complexity index is 1140. The highest BCUT2D eigenvalue weighted by atomic mass is 16.5. The third-order valence-electron chi connectivity index (χ3n) is 5.86. The first-order valence-electron chi connectivity index (χ1n) is 11.7. The topological polar surface area (TPSA) is 131 Å². The minimum Gasteiger partial charge on any atom is -0.481 e. The monoisotopic (exact) mass is 498 g/mol. The number of esters is 2. The first-order valence-corrected chi connectivity index (χ1v) is 11.7. The number of hydrogen-bond donors (Lipinski definition) is 0. The van der Waals surface area contributed by atoms with Crippen molar-refractivity contribution in [2.45, 2.75) is 66.6 Å². The summed E-state index contributed by atoms with van der Waals surface area (Å²) in [6, 6.07) is 0. The van der Waals surface area contributed by atoms with Crippen LogP contribution in [0.2, 0.25) is 0 Å². The molecule has 3 rings (SSSR count). The minimum atomic E-state index is -0.538. The molecule has 2 heterocycles. The third-order valence-corrected chi connectivity index (χ3v) is 5.86. The molecular weight excluding hydrogens is 468 g/mol. The van der Waals surface area contributed by atoms with Gasteiger partial charge in [0, 0.05) is 13.8 Å². The van der Waals surface area contributed by atoms with Crippen molar-refractivity contribution in [3.05, 3.63) is 44.8 Å². The van der Waals surface area contributed by atoms with Crippen LogP contribution in [0.4, 0.5) is 0 Å². The molecule has 1 aliphatic rings. The van der Waals surface area contributed by atoms with Gasteiger partial charge in [0.05, 0.1) is 36.5 Å². The smallest absolute Gasteiger partial charge is 0.302 e. The number of carbonyl (C=O) groups excluding carboxylic acids is 4. The molecule has 0 N–H and O–H groups in total. The maximum atomic E-state index is 14.1. The van der Waals surface area contributed by atoms with Crippen LogP contribution >= 0.6 is 0 Å². The summed E-state index contributed by atoms with van der Waals surface area (Å²) in [5, 5.41) is 0. The van der Waals surface area contributed by atoms with E-state index in [1.165, 1.54) is 28.1 Å². The van der Waals surface area contributed by atoms with Gasteiger partial charge in [-0.1, -0.05) is 26.7 Å². The number of hydrogen-bond acceptors (Lipinski definition) is 10. The maximum absolute atomic E-state index is 14.1. The molecular formula is C26H30N2O8. The second kappa shape index (κ2) is 11.3. The number of nitrogens with zero attached hydrogens (tertiary/aromatic N) is 2. The lowest BCUT2D eigenvalue weighted by molar-refractivity contribution is -0.143. The molecule has 192 valence electrons. The Morgan fingerprint density at radius 1 is 0.667 bits per heavy atom. The van der Waals surface area contributed by atoms with Gasteiger partial charge in [0.25, 0.3) is 0 Å². The molecule has 10 heteroatoms. The number of aromatic nitrogens is 2. The number of ether oxygens (including phenoxy) is 4. The summed E-state index contributed by atoms with van der Waals surface area (Å²) < 4.78 is 21.3. The highest BCUT2D eigenvalue weighted by molar-refractivity contribution is 6.28. The van der Waals surface area contributed by atoms with Gasteiger partial charge in [-0.25, -0.2) is 9.97 Å². The van der Waals surface area contributed by atoms with Crippen molar-refractivity contribution in [1.82, 2.24) is 9.97 Å². The fourth-order valence-electron chi connectivity index (χ4n) is 4.39. The lowest BCUT2D eigenvalue weighted by Gasteiger charge is -2.26. The fourth-order valence-corrected chi connectivity index (χ4v) is 4.39. The van der Waals surface area contributed by atoms with Crippen LogP contribution in [-0.4, -0.2) is 47.7 Å². The summed E-state index contributed by atoms with van der Waals surface area (Å²) in [6.45, 7) is 6.13. The summed E-state index contributed by atoms with van der Waals surface area (Å²) in [5.41, 5.74) is 2.15. The fraction of sp³-hybridized carbons (Fsp3) is 0.462. The molecule has 2 aromatic rings. The molecule has 36 heavy (non-hydrogen) atoms. The maximum Gasteiger partial charge on any atom is 0.302 e. The molecule has 0 saturated carbocycles. The molecule has 0 aromatic carbocycles. The number of ketones is 2. The van der Waals surface area contributed by atoms with Gasteiger partial charge in [0.1, 0.15) is 24.6 Å². The van der Waals surface area contributed by atoms with Gasteiger partial charge in [0.15, 0.2) is 5.78 Å². The van der Waals surface area contributed by atoms with E-state index < -0.39 is 23.5 Å². The van der Waals surface area contributed by atoms with Gasteiger partial charge in [-0.15, -0.1) is 0 Å². The van der Waals surface area contributed by atoms with Crippen LogP contribution in [0.5, 0.6) is 11.8 Å². The molecule has 0 amide bonds. The number of rotatable bonds is 10. The van der Waals surface area contributed by atoms with Gasteiger partial charge in [-0.3, -0.25) is 19.2 Å². The zero-order valence-corrected chi connectivity index (χ0v) is 21.4. The Balaban J connectivity index is 2.35. The van der Waals surface area contributed by atoms with Crippen molar-refractivity contribution in [3.8, 4) is 11.8 Å². The second-order valence-electron chi connectivity index (χ2n) is 8.32. The van der Waals surface area contributed by atoms with E-state index in [1.54, 1.807) is 0 Å². The number of fused-ring (bicyclic) bond motifs is 2. The number of pyridine rings is 2. The Hall–Kier alpha value is -3.82. The van der Waals surface area contributed by atoms with Crippen LogP contribution in [-0.2, 0) is 45.1 Å². The van der Waals surface area contributed by atoms with Crippen LogP contribution in [0.1, 0.15) is 94.9 Å². The van der Waals surface area contributed by atoms with Crippen molar-refractivity contribution >= 4 is 23.5 Å². The van der Waals surface area contributed by atoms with Crippen LogP contribution in [0.15, 0.2) is 0 Å². The Morgan fingerprint density at radius 3 is 1.36 bits per heavy atom. The van der Waals surface area contributed by atoms with Gasteiger partial charge in [-0.2, -0.15) is 0 Å². The van der Waals surface area contributed by atoms with E-state index in [0.29, 0.717) is 47.9 Å². The predicted octanol–water partition coefficient (Wildman–Crippen LogP) is 3.30. The molecule has 2 aromatic heterocycles. The zero-order valence-electron chi connectivity index (χ0n) is 21.4. The average Bonchev–Trinajstić information content (AvgIpc) is 2.84. The SMILES string of the molecule is CCCc1c(COC(C)=O)c(OC)nc2c1C(=O)c1c(nc(OC)c(COC(C)=O)c1CCC)C2=O. The van der Waals surface area contributed by atoms with E-state index >= 15 is 0 Å². The molecule has 1 aliphatic carbocycles. The van der Waals surface area contributed by atoms with Crippen molar-refractivity contribution in [2.75, 3.05) is 14.2 Å². The molecule has 0 unspecified atom stereocenters. The highest BCUT2D eigenvalue weighted by Gasteiger charge is 2.40. The van der Waals surface area contributed by atoms with Crippen LogP contribution < -0.4 is 9.47 Å². The van der Waals surface area contributed by atoms with Crippen molar-refractivity contribution in [2.24, 2.45) is 0 Å². The number of carbonyl (C=O) groups is 4. The molecule has 0 bridgehead atoms. The molecule has 0 spiro atoms. The normalized spacial score (nSPS) is 12.1. The minimum absolute atomic E-state index is 0.0656. The van der Waals surface area contributed by atoms with Gasteiger partial charge in [-0.05, 0) is 24.0 Å². The summed E-state index contributed by atoms with van der Waals surface area (Å²) in [7, 11) is 2.79. The molecule has 0 radical (unpaired) electrons. The third kappa shape index (κ3) is 4.93. The number of methoxy groups -OCH3 is 2. The van der Waals surface area contributed by atoms with Crippen molar-refractivity contribution in [1.29, 1.82) is 0 Å². The summed E-state index contributed by atoms with van der Waals surface area (Å²) in [6.07, 6.45) is 2.17. The van der Waals surface area contributed by atoms with E-state index in [9.17, 15) is 19.2 Å². The second-order valence-corrected chi connectivity index (χ2v) is 8.32. The molecule has 0 saturated heterocycles. The largest absolute Gasteiger partial charge is 0.481 e. The van der Waals surface area contributed by atoms with Crippen LogP contribution in [0.25, 0.3) is 0 Å². The van der Waals surface area contributed by atoms with Gasteiger partial charge < -0.3 is 18.9 Å². The first-order chi connectivity index (χ1) is 17.2. The summed E-state index contributed by atoms with van der Waals surface area (Å²) in [5.74, 6) is -1.73. The molecule has 0 atom stereocenters. The molecule has 0 fully saturated rings. The Morgan fingerprint density at radius 2 is 1.06 bits per heavy atom. The Kier molecular flexibility index (Phi) is 8.39. The van der Waals surface area contributed by atoms with Crippen molar-refractivity contribution < 1.29 is 38.1 Å². The highest BCUT2D eigenvalue weighted by Crippen LogP contribution is 2.38. The van der Waals surface area contributed by atoms with Crippen LogP contribution in [0, 0.1) is 0 Å². The Labute approximate surface area is 209 Å². The van der Waals surface area contributed by atoms with Crippen molar-refractivity contribution in [3.63, 3.8) is 0 Å². The van der Waals surface area contributed by atoms with Gasteiger partial charge >= 0.3 is 11.9 Å². The van der Waals surface area contributed by atoms with E-state index in [2.05, 4.69) is 9.97 Å². The van der Waals surface area contributed by atoms with E-state index in [1.807, 2.05) is 13.8 Å². The molecule has 10 nitrogen and oxygen atoms in total. The van der Waals surface area contributed by atoms with E-state index in [-0.39, 0.29) is 47.5 Å². The van der Waals surface area contributed by atoms with E-state index in [0.717, 1.165) is 0 Å². The van der Waals surface area contributed by atoms with Gasteiger partial charge in [0.2, 0.25) is 17.5 Å². The van der Waals surface area contributed by atoms with E-state index in [4.69, 9.17) is 18.9 Å². The zero-order chi connectivity index (χ0) is 26.6. The van der Waals surface area contributed by atoms with Crippen LogP contribution in [0.3, 0.4) is 0 Å². The summed E-state index contributed by atoms with van der Waals surface area (Å²) in [4.78, 5) is 59.6. The summed E-state index contributed by atoms with van der Waals surface area (Å²) >= 11 is 0. The quantitative estimate of drug-likeness (QED) is 0.384. The first kappa shape index (κ1) is 26.8.